The smallest absolute Gasteiger partial charge is 0.0560 e. The van der Waals surface area contributed by atoms with Gasteiger partial charge in [0, 0.05) is 0 Å². The van der Waals surface area contributed by atoms with E-state index in [9.17, 15) is 0 Å². The lowest BCUT2D eigenvalue weighted by molar-refractivity contribution is 0.321. The van der Waals surface area contributed by atoms with Gasteiger partial charge in [0.05, 0.1) is 5.37 Å². The number of hydrogen-bond donors (Lipinski definition) is 1. The molecule has 2 rings (SSSR count). The van der Waals surface area contributed by atoms with Crippen LogP contribution in [0, 0.1) is 5.92 Å². The Morgan fingerprint density at radius 3 is 2.50 bits per heavy atom. The number of rotatable bonds is 1. The minimum atomic E-state index is 0.805. The van der Waals surface area contributed by atoms with Gasteiger partial charge in [-0.25, -0.2) is 0 Å². The molecule has 1 aliphatic heterocycles. The summed E-state index contributed by atoms with van der Waals surface area (Å²) in [7, 11) is 0. The van der Waals surface area contributed by atoms with Crippen molar-refractivity contribution in [1.29, 1.82) is 0 Å². The van der Waals surface area contributed by atoms with E-state index in [1.807, 2.05) is 0 Å². The van der Waals surface area contributed by atoms with Crippen molar-refractivity contribution in [2.45, 2.75) is 43.9 Å². The van der Waals surface area contributed by atoms with Gasteiger partial charge < -0.3 is 5.32 Å². The molecule has 1 nitrogen and oxygen atoms in total. The van der Waals surface area contributed by atoms with E-state index in [0.29, 0.717) is 0 Å². The van der Waals surface area contributed by atoms with Crippen molar-refractivity contribution < 1.29 is 0 Å². The molecular weight excluding hydrogens is 166 g/mol. The minimum Gasteiger partial charge on any atom is -0.305 e. The second-order valence-electron chi connectivity index (χ2n) is 4.00. The Balaban J connectivity index is 1.80. The van der Waals surface area contributed by atoms with Gasteiger partial charge in [-0.3, -0.25) is 0 Å². The molecule has 0 aromatic heterocycles. The lowest BCUT2D eigenvalue weighted by atomic mass is 9.89. The molecule has 1 N–H and O–H groups in total. The van der Waals surface area contributed by atoms with Crippen molar-refractivity contribution in [1.82, 2.24) is 5.32 Å². The first-order valence-corrected chi connectivity index (χ1v) is 6.37. The summed E-state index contributed by atoms with van der Waals surface area (Å²) >= 11 is 2.16. The van der Waals surface area contributed by atoms with Gasteiger partial charge in [-0.15, -0.1) is 11.8 Å². The van der Waals surface area contributed by atoms with E-state index in [-0.39, 0.29) is 0 Å². The molecule has 1 unspecified atom stereocenters. The molecule has 12 heavy (non-hydrogen) atoms. The summed E-state index contributed by atoms with van der Waals surface area (Å²) in [5.74, 6) is 2.37. The van der Waals surface area contributed by atoms with Crippen LogP contribution in [0.4, 0.5) is 0 Å². The predicted octanol–water partition coefficient (Wildman–Crippen LogP) is 2.62. The lowest BCUT2D eigenvalue weighted by Crippen LogP contribution is -2.38. The van der Waals surface area contributed by atoms with Crippen molar-refractivity contribution in [2.24, 2.45) is 5.92 Å². The van der Waals surface area contributed by atoms with Gasteiger partial charge in [-0.05, 0) is 37.5 Å². The molecule has 0 bridgehead atoms. The zero-order valence-electron chi connectivity index (χ0n) is 7.72. The highest BCUT2D eigenvalue weighted by Gasteiger charge is 2.24. The molecule has 1 heterocycles. The van der Waals surface area contributed by atoms with Crippen molar-refractivity contribution in [3.8, 4) is 0 Å². The molecule has 70 valence electrons. The van der Waals surface area contributed by atoms with Gasteiger partial charge >= 0.3 is 0 Å². The van der Waals surface area contributed by atoms with E-state index in [1.54, 1.807) is 0 Å². The molecule has 0 aromatic rings. The number of thioether (sulfide) groups is 1. The van der Waals surface area contributed by atoms with E-state index in [4.69, 9.17) is 0 Å². The van der Waals surface area contributed by atoms with Crippen LogP contribution in [-0.2, 0) is 0 Å². The fourth-order valence-corrected chi connectivity index (χ4v) is 3.67. The van der Waals surface area contributed by atoms with Gasteiger partial charge in [0.1, 0.15) is 0 Å². The highest BCUT2D eigenvalue weighted by atomic mass is 32.2. The molecule has 2 heteroatoms. The van der Waals surface area contributed by atoms with Crippen molar-refractivity contribution in [3.63, 3.8) is 0 Å². The predicted molar refractivity (Wildman–Crippen MR) is 55.4 cm³/mol. The summed E-state index contributed by atoms with van der Waals surface area (Å²) < 4.78 is 0. The van der Waals surface area contributed by atoms with E-state index in [2.05, 4.69) is 17.1 Å². The average Bonchev–Trinajstić information content (AvgIpc) is 2.21. The van der Waals surface area contributed by atoms with Gasteiger partial charge in [0.2, 0.25) is 0 Å². The Bertz CT molecular complexity index is 110. The Morgan fingerprint density at radius 2 is 1.83 bits per heavy atom. The Morgan fingerprint density at radius 1 is 1.00 bits per heavy atom. The van der Waals surface area contributed by atoms with Gasteiger partial charge in [-0.2, -0.15) is 0 Å². The summed E-state index contributed by atoms with van der Waals surface area (Å²) in [6.45, 7) is 1.26. The van der Waals surface area contributed by atoms with E-state index in [0.717, 1.165) is 11.3 Å². The van der Waals surface area contributed by atoms with Crippen molar-refractivity contribution >= 4 is 11.8 Å². The monoisotopic (exact) mass is 185 g/mol. The van der Waals surface area contributed by atoms with Crippen LogP contribution in [0.15, 0.2) is 0 Å². The summed E-state index contributed by atoms with van der Waals surface area (Å²) in [5, 5.41) is 4.46. The standard InChI is InChI=1S/C10H19NS/c1-2-5-9(6-3-1)10-11-7-4-8-12-10/h9-11H,1-8H2. The molecule has 1 aliphatic carbocycles. The first-order chi connectivity index (χ1) is 5.97. The third-order valence-corrected chi connectivity index (χ3v) is 4.48. The Labute approximate surface area is 79.7 Å². The van der Waals surface area contributed by atoms with Crippen LogP contribution in [0.2, 0.25) is 0 Å². The third kappa shape index (κ3) is 2.17. The van der Waals surface area contributed by atoms with Crippen molar-refractivity contribution in [3.05, 3.63) is 0 Å². The zero-order chi connectivity index (χ0) is 8.23. The van der Waals surface area contributed by atoms with Crippen LogP contribution >= 0.6 is 11.8 Å². The molecule has 0 amide bonds. The maximum Gasteiger partial charge on any atom is 0.0560 e. The average molecular weight is 185 g/mol. The maximum absolute atomic E-state index is 3.65. The molecule has 0 aromatic carbocycles. The van der Waals surface area contributed by atoms with Crippen LogP contribution < -0.4 is 5.32 Å². The number of nitrogens with one attached hydrogen (secondary N) is 1. The van der Waals surface area contributed by atoms with Gasteiger partial charge in [-0.1, -0.05) is 19.3 Å². The lowest BCUT2D eigenvalue weighted by Gasteiger charge is -2.33. The molecule has 0 spiro atoms. The SMILES string of the molecule is C1CCC(C2NCCCS2)CC1. The zero-order valence-corrected chi connectivity index (χ0v) is 8.54. The molecule has 2 fully saturated rings. The molecule has 0 radical (unpaired) electrons. The molecule has 1 saturated heterocycles. The minimum absolute atomic E-state index is 0.805. The Kier molecular flexibility index (Phi) is 3.35. The summed E-state index contributed by atoms with van der Waals surface area (Å²) in [6.07, 6.45) is 8.75. The summed E-state index contributed by atoms with van der Waals surface area (Å²) in [4.78, 5) is 0. The third-order valence-electron chi connectivity index (χ3n) is 3.04. The van der Waals surface area contributed by atoms with Crippen LogP contribution in [-0.4, -0.2) is 17.7 Å². The first kappa shape index (κ1) is 8.89. The van der Waals surface area contributed by atoms with Crippen molar-refractivity contribution in [2.75, 3.05) is 12.3 Å². The first-order valence-electron chi connectivity index (χ1n) is 5.32. The second kappa shape index (κ2) is 4.52. The number of hydrogen-bond acceptors (Lipinski definition) is 2. The topological polar surface area (TPSA) is 12.0 Å². The van der Waals surface area contributed by atoms with Crippen LogP contribution in [0.25, 0.3) is 0 Å². The van der Waals surface area contributed by atoms with E-state index < -0.39 is 0 Å². The fourth-order valence-electron chi connectivity index (χ4n) is 2.33. The molecule has 2 aliphatic rings. The molecule has 1 saturated carbocycles. The fraction of sp³-hybridized carbons (Fsp3) is 1.00. The van der Waals surface area contributed by atoms with Gasteiger partial charge in [0.15, 0.2) is 0 Å². The summed E-state index contributed by atoms with van der Waals surface area (Å²) in [6, 6.07) is 0. The van der Waals surface area contributed by atoms with E-state index in [1.165, 1.54) is 50.8 Å². The molecule has 1 atom stereocenters. The highest BCUT2D eigenvalue weighted by Crippen LogP contribution is 2.32. The van der Waals surface area contributed by atoms with Crippen LogP contribution in [0.1, 0.15) is 38.5 Å². The maximum atomic E-state index is 3.65. The quantitative estimate of drug-likeness (QED) is 0.674. The van der Waals surface area contributed by atoms with E-state index >= 15 is 0 Å². The van der Waals surface area contributed by atoms with Crippen LogP contribution in [0.5, 0.6) is 0 Å². The molecular formula is C10H19NS. The van der Waals surface area contributed by atoms with Gasteiger partial charge in [0.25, 0.3) is 0 Å². The normalized spacial score (nSPS) is 33.5. The highest BCUT2D eigenvalue weighted by molar-refractivity contribution is 7.99. The largest absolute Gasteiger partial charge is 0.305 e. The second-order valence-corrected chi connectivity index (χ2v) is 5.25. The summed E-state index contributed by atoms with van der Waals surface area (Å²) in [5.41, 5.74) is 0. The van der Waals surface area contributed by atoms with Crippen LogP contribution in [0.3, 0.4) is 0 Å². The Hall–Kier alpha value is 0.310.